The maximum Gasteiger partial charge on any atom is 0.484 e. The Balaban J connectivity index is 2.02. The van der Waals surface area contributed by atoms with Crippen LogP contribution < -0.4 is 5.32 Å². The Kier molecular flexibility index (Phi) is 4.22. The number of hydrogen-bond acceptors (Lipinski definition) is 3. The molecule has 0 radical (unpaired) electrons. The summed E-state index contributed by atoms with van der Waals surface area (Å²) < 4.78 is 0. The molecule has 3 nitrogen and oxygen atoms in total. The highest BCUT2D eigenvalue weighted by Gasteiger charge is 2.21. The molecule has 1 aromatic carbocycles. The summed E-state index contributed by atoms with van der Waals surface area (Å²) in [4.78, 5) is 0. The van der Waals surface area contributed by atoms with Gasteiger partial charge in [0, 0.05) is 6.04 Å². The molecule has 0 aromatic heterocycles. The highest BCUT2D eigenvalue weighted by atomic mass is 16.4. The zero-order chi connectivity index (χ0) is 13.1. The van der Waals surface area contributed by atoms with Gasteiger partial charge in [-0.25, -0.2) is 0 Å². The molecule has 2 rings (SSSR count). The Morgan fingerprint density at radius 1 is 1.33 bits per heavy atom. The summed E-state index contributed by atoms with van der Waals surface area (Å²) in [6.45, 7) is 5.25. The van der Waals surface area contributed by atoms with Crippen LogP contribution in [0.25, 0.3) is 6.08 Å². The quantitative estimate of drug-likeness (QED) is 0.683. The lowest BCUT2D eigenvalue weighted by atomic mass is 9.78. The van der Waals surface area contributed by atoms with Gasteiger partial charge in [0.2, 0.25) is 0 Å². The van der Waals surface area contributed by atoms with E-state index in [1.165, 1.54) is 11.1 Å². The van der Waals surface area contributed by atoms with E-state index in [2.05, 4.69) is 37.4 Å². The minimum atomic E-state index is -1.33. The van der Waals surface area contributed by atoms with Crippen LogP contribution in [0, 0.1) is 0 Å². The first-order valence-electron chi connectivity index (χ1n) is 6.48. The van der Waals surface area contributed by atoms with E-state index in [1.54, 1.807) is 0 Å². The Bertz CT molecular complexity index is 455. The van der Waals surface area contributed by atoms with E-state index in [0.717, 1.165) is 18.5 Å². The first-order valence-corrected chi connectivity index (χ1v) is 6.48. The molecule has 3 N–H and O–H groups in total. The standard InChI is InChI=1S/C14H20BNO2/c1-10(2)16-6-5-11-3-4-12-8-14(15(17)18)9-13(12)7-11/h3-4,7,9-10,16-18H,5-6,8H2,1-2H3. The van der Waals surface area contributed by atoms with Crippen LogP contribution in [0.15, 0.2) is 23.7 Å². The normalized spacial score (nSPS) is 13.7. The molecule has 0 fully saturated rings. The third kappa shape index (κ3) is 3.22. The van der Waals surface area contributed by atoms with Gasteiger partial charge in [0.05, 0.1) is 0 Å². The molecule has 0 unspecified atom stereocenters. The first kappa shape index (κ1) is 13.3. The molecule has 18 heavy (non-hydrogen) atoms. The van der Waals surface area contributed by atoms with Gasteiger partial charge in [-0.2, -0.15) is 0 Å². The molecule has 0 bridgehead atoms. The molecular weight excluding hydrogens is 225 g/mol. The third-order valence-electron chi connectivity index (χ3n) is 3.24. The van der Waals surface area contributed by atoms with Crippen LogP contribution in [0.5, 0.6) is 0 Å². The first-order chi connectivity index (χ1) is 8.56. The average Bonchev–Trinajstić information content (AvgIpc) is 2.71. The van der Waals surface area contributed by atoms with Crippen molar-refractivity contribution in [3.05, 3.63) is 40.4 Å². The van der Waals surface area contributed by atoms with Gasteiger partial charge in [0.15, 0.2) is 0 Å². The fourth-order valence-electron chi connectivity index (χ4n) is 2.24. The summed E-state index contributed by atoms with van der Waals surface area (Å²) in [7, 11) is -1.33. The van der Waals surface area contributed by atoms with Crippen molar-refractivity contribution in [2.45, 2.75) is 32.7 Å². The maximum atomic E-state index is 9.17. The molecule has 96 valence electrons. The Morgan fingerprint density at radius 3 is 2.78 bits per heavy atom. The van der Waals surface area contributed by atoms with Gasteiger partial charge >= 0.3 is 7.12 Å². The van der Waals surface area contributed by atoms with Crippen LogP contribution in [0.3, 0.4) is 0 Å². The molecule has 0 atom stereocenters. The van der Waals surface area contributed by atoms with Crippen LogP contribution in [0.2, 0.25) is 0 Å². The number of allylic oxidation sites excluding steroid dienone is 1. The van der Waals surface area contributed by atoms with Crippen LogP contribution in [0.1, 0.15) is 30.5 Å². The highest BCUT2D eigenvalue weighted by Crippen LogP contribution is 2.26. The number of rotatable bonds is 5. The third-order valence-corrected chi connectivity index (χ3v) is 3.24. The molecule has 0 heterocycles. The second-order valence-corrected chi connectivity index (χ2v) is 5.16. The Morgan fingerprint density at radius 2 is 2.11 bits per heavy atom. The number of nitrogens with one attached hydrogen (secondary N) is 1. The molecule has 0 amide bonds. The van der Waals surface area contributed by atoms with E-state index in [0.29, 0.717) is 17.9 Å². The van der Waals surface area contributed by atoms with Crippen molar-refractivity contribution >= 4 is 13.2 Å². The predicted octanol–water partition coefficient (Wildman–Crippen LogP) is 1.18. The Labute approximate surface area is 109 Å². The number of fused-ring (bicyclic) bond motifs is 1. The molecular formula is C14H20BNO2. The van der Waals surface area contributed by atoms with E-state index >= 15 is 0 Å². The van der Waals surface area contributed by atoms with Crippen molar-refractivity contribution in [1.82, 2.24) is 5.32 Å². The zero-order valence-corrected chi connectivity index (χ0v) is 11.0. The number of benzene rings is 1. The lowest BCUT2D eigenvalue weighted by Gasteiger charge is -2.08. The molecule has 4 heteroatoms. The van der Waals surface area contributed by atoms with Gasteiger partial charge < -0.3 is 15.4 Å². The topological polar surface area (TPSA) is 52.5 Å². The lowest BCUT2D eigenvalue weighted by molar-refractivity contribution is 0.418. The van der Waals surface area contributed by atoms with Gasteiger partial charge in [0.25, 0.3) is 0 Å². The fourth-order valence-corrected chi connectivity index (χ4v) is 2.24. The molecule has 1 aliphatic rings. The second-order valence-electron chi connectivity index (χ2n) is 5.16. The molecule has 1 aliphatic carbocycles. The van der Waals surface area contributed by atoms with E-state index in [1.807, 2.05) is 6.08 Å². The summed E-state index contributed by atoms with van der Waals surface area (Å²) in [5.74, 6) is 0. The van der Waals surface area contributed by atoms with Crippen LogP contribution >= 0.6 is 0 Å². The summed E-state index contributed by atoms with van der Waals surface area (Å²) in [6, 6.07) is 6.87. The van der Waals surface area contributed by atoms with Crippen molar-refractivity contribution < 1.29 is 10.0 Å². The molecule has 0 saturated carbocycles. The minimum Gasteiger partial charge on any atom is -0.423 e. The summed E-state index contributed by atoms with van der Waals surface area (Å²) in [5, 5.41) is 21.7. The molecule has 0 saturated heterocycles. The van der Waals surface area contributed by atoms with Crippen LogP contribution in [-0.4, -0.2) is 29.8 Å². The van der Waals surface area contributed by atoms with E-state index in [4.69, 9.17) is 0 Å². The van der Waals surface area contributed by atoms with Crippen molar-refractivity contribution in [3.8, 4) is 0 Å². The van der Waals surface area contributed by atoms with Crippen molar-refractivity contribution in [2.75, 3.05) is 6.54 Å². The van der Waals surface area contributed by atoms with Crippen molar-refractivity contribution in [2.24, 2.45) is 0 Å². The van der Waals surface area contributed by atoms with Gasteiger partial charge in [0.1, 0.15) is 0 Å². The monoisotopic (exact) mass is 245 g/mol. The minimum absolute atomic E-state index is 0.510. The maximum absolute atomic E-state index is 9.17. The van der Waals surface area contributed by atoms with Crippen molar-refractivity contribution in [1.29, 1.82) is 0 Å². The fraction of sp³-hybridized carbons (Fsp3) is 0.429. The summed E-state index contributed by atoms with van der Waals surface area (Å²) in [5.41, 5.74) is 4.27. The molecule has 0 spiro atoms. The highest BCUT2D eigenvalue weighted by molar-refractivity contribution is 6.52. The summed E-state index contributed by atoms with van der Waals surface area (Å²) >= 11 is 0. The van der Waals surface area contributed by atoms with E-state index < -0.39 is 7.12 Å². The van der Waals surface area contributed by atoms with Crippen LogP contribution in [-0.2, 0) is 12.8 Å². The Hall–Kier alpha value is -1.10. The zero-order valence-electron chi connectivity index (χ0n) is 11.0. The largest absolute Gasteiger partial charge is 0.484 e. The second kappa shape index (κ2) is 5.70. The lowest BCUT2D eigenvalue weighted by Crippen LogP contribution is -2.24. The van der Waals surface area contributed by atoms with E-state index in [-0.39, 0.29) is 0 Å². The van der Waals surface area contributed by atoms with Gasteiger partial charge in [-0.15, -0.1) is 0 Å². The molecule has 1 aromatic rings. The van der Waals surface area contributed by atoms with Crippen molar-refractivity contribution in [3.63, 3.8) is 0 Å². The SMILES string of the molecule is CC(C)NCCc1ccc2c(c1)C=C(B(O)O)C2. The van der Waals surface area contributed by atoms with E-state index in [9.17, 15) is 10.0 Å². The molecule has 0 aliphatic heterocycles. The summed E-state index contributed by atoms with van der Waals surface area (Å²) in [6.07, 6.45) is 3.53. The van der Waals surface area contributed by atoms with Gasteiger partial charge in [-0.05, 0) is 41.5 Å². The smallest absolute Gasteiger partial charge is 0.423 e. The van der Waals surface area contributed by atoms with Gasteiger partial charge in [-0.1, -0.05) is 38.1 Å². The average molecular weight is 245 g/mol. The predicted molar refractivity (Wildman–Crippen MR) is 75.2 cm³/mol. The van der Waals surface area contributed by atoms with Gasteiger partial charge in [-0.3, -0.25) is 0 Å². The number of hydrogen-bond donors (Lipinski definition) is 3. The van der Waals surface area contributed by atoms with Crippen LogP contribution in [0.4, 0.5) is 0 Å².